The van der Waals surface area contributed by atoms with Crippen LogP contribution < -0.4 is 5.73 Å². The molecule has 4 rings (SSSR count). The molecule has 114 valence electrons. The van der Waals surface area contributed by atoms with E-state index in [0.29, 0.717) is 18.1 Å². The smallest absolute Gasteiger partial charge is 0.227 e. The summed E-state index contributed by atoms with van der Waals surface area (Å²) >= 11 is 5.18. The lowest BCUT2D eigenvalue weighted by Gasteiger charge is -2.34. The molecule has 0 bridgehead atoms. The van der Waals surface area contributed by atoms with Gasteiger partial charge in [-0.1, -0.05) is 21.1 Å². The number of fused-ring (bicyclic) bond motifs is 1. The van der Waals surface area contributed by atoms with E-state index >= 15 is 0 Å². The summed E-state index contributed by atoms with van der Waals surface area (Å²) in [5, 5.41) is 5.12. The Balaban J connectivity index is 1.47. The molecule has 0 amide bonds. The van der Waals surface area contributed by atoms with Crippen LogP contribution in [0.1, 0.15) is 36.0 Å². The summed E-state index contributed by atoms with van der Waals surface area (Å²) in [6.07, 6.45) is 4.53. The van der Waals surface area contributed by atoms with Crippen molar-refractivity contribution in [2.75, 3.05) is 0 Å². The molecule has 1 aliphatic carbocycles. The zero-order valence-electron chi connectivity index (χ0n) is 11.9. The van der Waals surface area contributed by atoms with Gasteiger partial charge in [-0.3, -0.25) is 0 Å². The molecule has 0 radical (unpaired) electrons. The molecule has 1 aliphatic rings. The van der Waals surface area contributed by atoms with Gasteiger partial charge < -0.3 is 10.3 Å². The van der Waals surface area contributed by atoms with E-state index in [1.54, 1.807) is 11.3 Å². The van der Waals surface area contributed by atoms with Crippen LogP contribution >= 0.6 is 27.3 Å². The highest BCUT2D eigenvalue weighted by molar-refractivity contribution is 9.10. The van der Waals surface area contributed by atoms with Crippen LogP contribution in [0.25, 0.3) is 10.2 Å². The Hall–Kier alpha value is -1.31. The van der Waals surface area contributed by atoms with Gasteiger partial charge in [0.1, 0.15) is 0 Å². The van der Waals surface area contributed by atoms with Gasteiger partial charge in [0, 0.05) is 17.3 Å². The van der Waals surface area contributed by atoms with Crippen molar-refractivity contribution >= 4 is 37.5 Å². The Kier molecular flexibility index (Phi) is 3.51. The maximum atomic E-state index is 6.21. The Labute approximate surface area is 140 Å². The molecule has 3 aromatic rings. The van der Waals surface area contributed by atoms with E-state index in [2.05, 4.69) is 37.1 Å². The number of aromatic nitrogens is 3. The van der Waals surface area contributed by atoms with E-state index in [9.17, 15) is 0 Å². The van der Waals surface area contributed by atoms with Crippen LogP contribution in [-0.4, -0.2) is 15.1 Å². The van der Waals surface area contributed by atoms with Crippen LogP contribution in [0.2, 0.25) is 0 Å². The second-order valence-corrected chi connectivity index (χ2v) is 7.77. The molecule has 1 aromatic carbocycles. The summed E-state index contributed by atoms with van der Waals surface area (Å²) in [6.45, 7) is 0. The van der Waals surface area contributed by atoms with Crippen LogP contribution in [0.5, 0.6) is 0 Å². The number of hydrogen-bond donors (Lipinski definition) is 1. The highest BCUT2D eigenvalue weighted by atomic mass is 79.9. The first-order valence-electron chi connectivity index (χ1n) is 7.29. The van der Waals surface area contributed by atoms with Crippen molar-refractivity contribution in [2.24, 2.45) is 5.73 Å². The van der Waals surface area contributed by atoms with Crippen molar-refractivity contribution in [3.8, 4) is 0 Å². The first-order chi connectivity index (χ1) is 10.6. The topological polar surface area (TPSA) is 77.8 Å². The average Bonchev–Trinajstić information content (AvgIpc) is 3.08. The van der Waals surface area contributed by atoms with Gasteiger partial charge in [-0.25, -0.2) is 4.98 Å². The minimum Gasteiger partial charge on any atom is -0.339 e. The zero-order chi connectivity index (χ0) is 15.2. The minimum absolute atomic E-state index is 0.357. The monoisotopic (exact) mass is 378 g/mol. The molecule has 2 aromatic heterocycles. The average molecular weight is 379 g/mol. The molecule has 1 fully saturated rings. The van der Waals surface area contributed by atoms with Crippen LogP contribution in [0.15, 0.2) is 27.2 Å². The Morgan fingerprint density at radius 1 is 1.27 bits per heavy atom. The van der Waals surface area contributed by atoms with Gasteiger partial charge in [0.25, 0.3) is 0 Å². The third kappa shape index (κ3) is 2.57. The molecule has 7 heteroatoms. The molecule has 22 heavy (non-hydrogen) atoms. The fourth-order valence-electron chi connectivity index (χ4n) is 2.61. The first-order valence-corrected chi connectivity index (χ1v) is 8.90. The number of hydrogen-bond acceptors (Lipinski definition) is 6. The van der Waals surface area contributed by atoms with Gasteiger partial charge in [-0.15, -0.1) is 11.3 Å². The molecule has 0 unspecified atom stereocenters. The fraction of sp³-hybridized carbons (Fsp3) is 0.400. The minimum atomic E-state index is -0.357. The summed E-state index contributed by atoms with van der Waals surface area (Å²) in [7, 11) is 0. The number of thiazole rings is 1. The van der Waals surface area contributed by atoms with Crippen molar-refractivity contribution < 1.29 is 4.52 Å². The van der Waals surface area contributed by atoms with Crippen molar-refractivity contribution in [2.45, 2.75) is 37.6 Å². The quantitative estimate of drug-likeness (QED) is 0.750. The van der Waals surface area contributed by atoms with Gasteiger partial charge in [-0.05, 0) is 37.5 Å². The molecule has 2 N–H and O–H groups in total. The number of nitrogens with zero attached hydrogens (tertiary/aromatic N) is 3. The third-order valence-electron chi connectivity index (χ3n) is 4.11. The van der Waals surface area contributed by atoms with Gasteiger partial charge in [0.2, 0.25) is 5.89 Å². The lowest BCUT2D eigenvalue weighted by molar-refractivity contribution is 0.229. The zero-order valence-corrected chi connectivity index (χ0v) is 14.3. The molecule has 0 spiro atoms. The molecule has 0 saturated heterocycles. The van der Waals surface area contributed by atoms with E-state index in [0.717, 1.165) is 40.7 Å². The summed E-state index contributed by atoms with van der Waals surface area (Å²) in [5.41, 5.74) is 6.88. The fourth-order valence-corrected chi connectivity index (χ4v) is 3.91. The molecular formula is C15H15BrN4OS. The van der Waals surface area contributed by atoms with Crippen molar-refractivity contribution in [1.29, 1.82) is 0 Å². The molecule has 5 nitrogen and oxygen atoms in total. The summed E-state index contributed by atoms with van der Waals surface area (Å²) in [6, 6.07) is 6.16. The molecule has 0 atom stereocenters. The maximum absolute atomic E-state index is 6.21. The lowest BCUT2D eigenvalue weighted by atomic mass is 9.77. The molecule has 1 saturated carbocycles. The van der Waals surface area contributed by atoms with Gasteiger partial charge in [0.15, 0.2) is 5.82 Å². The SMILES string of the molecule is NC1(c2noc(CCc3nc4cc(Br)ccc4s3)n2)CCC1. The molecular weight excluding hydrogens is 364 g/mol. The predicted octanol–water partition coefficient (Wildman–Crippen LogP) is 3.56. The number of aryl methyl sites for hydroxylation is 2. The van der Waals surface area contributed by atoms with Crippen LogP contribution in [-0.2, 0) is 18.4 Å². The lowest BCUT2D eigenvalue weighted by Crippen LogP contribution is -2.44. The van der Waals surface area contributed by atoms with E-state index < -0.39 is 0 Å². The number of halogens is 1. The standard InChI is InChI=1S/C15H15BrN4OS/c16-9-2-3-11-10(8-9)18-13(22-11)5-4-12-19-14(20-21-12)15(17)6-1-7-15/h2-3,8H,1,4-7,17H2. The Morgan fingerprint density at radius 3 is 2.91 bits per heavy atom. The summed E-state index contributed by atoms with van der Waals surface area (Å²) < 4.78 is 7.57. The van der Waals surface area contributed by atoms with E-state index in [1.165, 1.54) is 4.70 Å². The largest absolute Gasteiger partial charge is 0.339 e. The number of nitrogens with two attached hydrogens (primary N) is 1. The second-order valence-electron chi connectivity index (χ2n) is 5.74. The number of rotatable bonds is 4. The molecule has 2 heterocycles. The first kappa shape index (κ1) is 14.3. The van der Waals surface area contributed by atoms with Crippen molar-refractivity contribution in [1.82, 2.24) is 15.1 Å². The van der Waals surface area contributed by atoms with E-state index in [-0.39, 0.29) is 5.54 Å². The van der Waals surface area contributed by atoms with E-state index in [1.807, 2.05) is 12.1 Å². The Morgan fingerprint density at radius 2 is 2.14 bits per heavy atom. The van der Waals surface area contributed by atoms with Crippen molar-refractivity contribution in [3.05, 3.63) is 39.4 Å². The Bertz CT molecular complexity index is 824. The highest BCUT2D eigenvalue weighted by Crippen LogP contribution is 2.37. The highest BCUT2D eigenvalue weighted by Gasteiger charge is 2.38. The van der Waals surface area contributed by atoms with Crippen LogP contribution in [0, 0.1) is 0 Å². The van der Waals surface area contributed by atoms with Gasteiger partial charge in [-0.2, -0.15) is 4.98 Å². The van der Waals surface area contributed by atoms with Gasteiger partial charge >= 0.3 is 0 Å². The molecule has 0 aliphatic heterocycles. The second kappa shape index (κ2) is 5.40. The normalized spacial score (nSPS) is 16.8. The summed E-state index contributed by atoms with van der Waals surface area (Å²) in [4.78, 5) is 9.10. The predicted molar refractivity (Wildman–Crippen MR) is 88.7 cm³/mol. The number of benzene rings is 1. The van der Waals surface area contributed by atoms with E-state index in [4.69, 9.17) is 10.3 Å². The van der Waals surface area contributed by atoms with Crippen molar-refractivity contribution in [3.63, 3.8) is 0 Å². The third-order valence-corrected chi connectivity index (χ3v) is 5.70. The van der Waals surface area contributed by atoms with Crippen LogP contribution in [0.3, 0.4) is 0 Å². The van der Waals surface area contributed by atoms with Gasteiger partial charge in [0.05, 0.1) is 20.8 Å². The maximum Gasteiger partial charge on any atom is 0.227 e. The summed E-state index contributed by atoms with van der Waals surface area (Å²) in [5.74, 6) is 1.30. The van der Waals surface area contributed by atoms with Crippen LogP contribution in [0.4, 0.5) is 0 Å².